The summed E-state index contributed by atoms with van der Waals surface area (Å²) in [6.07, 6.45) is 3.41. The topological polar surface area (TPSA) is 26.0 Å². The average molecular weight is 207 g/mol. The van der Waals surface area contributed by atoms with Gasteiger partial charge in [-0.2, -0.15) is 11.8 Å². The minimum absolute atomic E-state index is 0.384. The molecule has 76 valence electrons. The van der Waals surface area contributed by atoms with Gasteiger partial charge in [-0.25, -0.2) is 0 Å². The summed E-state index contributed by atoms with van der Waals surface area (Å²) in [4.78, 5) is 0. The van der Waals surface area contributed by atoms with Crippen LogP contribution in [0.25, 0.3) is 0 Å². The van der Waals surface area contributed by atoms with Crippen molar-refractivity contribution < 1.29 is 0 Å². The summed E-state index contributed by atoms with van der Waals surface area (Å²) in [5.41, 5.74) is 7.56. The predicted molar refractivity (Wildman–Crippen MR) is 63.6 cm³/mol. The molecule has 0 bridgehead atoms. The fraction of sp³-hybridized carbons (Fsp3) is 0.500. The lowest BCUT2D eigenvalue weighted by atomic mass is 10.1. The van der Waals surface area contributed by atoms with Gasteiger partial charge >= 0.3 is 0 Å². The zero-order valence-corrected chi connectivity index (χ0v) is 9.34. The van der Waals surface area contributed by atoms with Crippen LogP contribution in [-0.4, -0.2) is 18.1 Å². The van der Waals surface area contributed by atoms with Gasteiger partial charge in [0.15, 0.2) is 0 Å². The summed E-state index contributed by atoms with van der Waals surface area (Å²) in [7, 11) is 0. The minimum Gasteiger partial charge on any atom is -0.327 e. The molecule has 0 aliphatic heterocycles. The van der Waals surface area contributed by atoms with Crippen LogP contribution >= 0.6 is 11.8 Å². The van der Waals surface area contributed by atoms with E-state index in [4.69, 9.17) is 5.73 Å². The number of thioether (sulfide) groups is 1. The van der Waals surface area contributed by atoms with Crippen LogP contribution in [0.4, 0.5) is 0 Å². The molecule has 1 aromatic rings. The highest BCUT2D eigenvalue weighted by Crippen LogP contribution is 2.49. The van der Waals surface area contributed by atoms with Gasteiger partial charge in [0.05, 0.1) is 0 Å². The smallest absolute Gasteiger partial charge is 0.0164 e. The zero-order valence-electron chi connectivity index (χ0n) is 8.52. The summed E-state index contributed by atoms with van der Waals surface area (Å²) in [6, 6.07) is 11.1. The predicted octanol–water partition coefficient (Wildman–Crippen LogP) is 2.48. The maximum atomic E-state index is 6.10. The van der Waals surface area contributed by atoms with Gasteiger partial charge in [0.1, 0.15) is 0 Å². The standard InChI is InChI=1S/C12H17NS/c1-14-8-12(13)11-7-10(11)9-5-3-2-4-6-9/h2-6,10-12H,7-8,13H2,1H3. The first-order chi connectivity index (χ1) is 6.83. The first-order valence-corrected chi connectivity index (χ1v) is 6.51. The Kier molecular flexibility index (Phi) is 3.14. The molecule has 3 atom stereocenters. The molecule has 1 aromatic carbocycles. The number of hydrogen-bond donors (Lipinski definition) is 1. The summed E-state index contributed by atoms with van der Waals surface area (Å²) in [6.45, 7) is 0. The Morgan fingerprint density at radius 1 is 1.43 bits per heavy atom. The van der Waals surface area contributed by atoms with Crippen molar-refractivity contribution in [3.05, 3.63) is 35.9 Å². The van der Waals surface area contributed by atoms with Gasteiger partial charge in [0.2, 0.25) is 0 Å². The van der Waals surface area contributed by atoms with Gasteiger partial charge in [-0.1, -0.05) is 30.3 Å². The van der Waals surface area contributed by atoms with Gasteiger partial charge in [0.25, 0.3) is 0 Å². The van der Waals surface area contributed by atoms with Crippen LogP contribution in [0.3, 0.4) is 0 Å². The van der Waals surface area contributed by atoms with E-state index in [0.29, 0.717) is 6.04 Å². The van der Waals surface area contributed by atoms with Crippen LogP contribution in [0.5, 0.6) is 0 Å². The maximum Gasteiger partial charge on any atom is 0.0164 e. The number of nitrogens with two attached hydrogens (primary N) is 1. The number of benzene rings is 1. The summed E-state index contributed by atoms with van der Waals surface area (Å²) in [5.74, 6) is 2.55. The molecule has 14 heavy (non-hydrogen) atoms. The van der Waals surface area contributed by atoms with E-state index >= 15 is 0 Å². The fourth-order valence-electron chi connectivity index (χ4n) is 2.09. The summed E-state index contributed by atoms with van der Waals surface area (Å²) in [5, 5.41) is 0. The molecule has 1 saturated carbocycles. The molecule has 0 saturated heterocycles. The Bertz CT molecular complexity index is 286. The highest BCUT2D eigenvalue weighted by molar-refractivity contribution is 7.98. The van der Waals surface area contributed by atoms with Crippen LogP contribution in [0, 0.1) is 5.92 Å². The van der Waals surface area contributed by atoms with Crippen molar-refractivity contribution in [1.82, 2.24) is 0 Å². The van der Waals surface area contributed by atoms with E-state index in [2.05, 4.69) is 36.6 Å². The molecule has 0 spiro atoms. The summed E-state index contributed by atoms with van der Waals surface area (Å²) >= 11 is 1.85. The first kappa shape index (κ1) is 10.1. The maximum absolute atomic E-state index is 6.10. The van der Waals surface area contributed by atoms with Gasteiger partial charge in [-0.05, 0) is 30.1 Å². The van der Waals surface area contributed by atoms with Gasteiger partial charge in [0, 0.05) is 11.8 Å². The third-order valence-corrected chi connectivity index (χ3v) is 3.69. The van der Waals surface area contributed by atoms with E-state index in [1.165, 1.54) is 12.0 Å². The molecule has 0 radical (unpaired) electrons. The van der Waals surface area contributed by atoms with Crippen molar-refractivity contribution in [3.8, 4) is 0 Å². The van der Waals surface area contributed by atoms with E-state index in [1.807, 2.05) is 11.8 Å². The monoisotopic (exact) mass is 207 g/mol. The highest BCUT2D eigenvalue weighted by atomic mass is 32.2. The van der Waals surface area contributed by atoms with E-state index in [9.17, 15) is 0 Å². The third-order valence-electron chi connectivity index (χ3n) is 2.98. The Hall–Kier alpha value is -0.470. The Morgan fingerprint density at radius 3 is 2.79 bits per heavy atom. The largest absolute Gasteiger partial charge is 0.327 e. The summed E-state index contributed by atoms with van der Waals surface area (Å²) < 4.78 is 0. The molecular formula is C12H17NS. The molecule has 2 heteroatoms. The Labute approximate surface area is 90.1 Å². The van der Waals surface area contributed by atoms with E-state index < -0.39 is 0 Å². The number of hydrogen-bond acceptors (Lipinski definition) is 2. The molecule has 2 rings (SSSR count). The normalized spacial score (nSPS) is 27.3. The van der Waals surface area contributed by atoms with Crippen molar-refractivity contribution in [2.45, 2.75) is 18.4 Å². The molecule has 1 aliphatic carbocycles. The molecule has 0 aromatic heterocycles. The van der Waals surface area contributed by atoms with E-state index in [0.717, 1.165) is 17.6 Å². The first-order valence-electron chi connectivity index (χ1n) is 5.12. The molecule has 1 aliphatic rings. The molecular weight excluding hydrogens is 190 g/mol. The average Bonchev–Trinajstić information content (AvgIpc) is 2.99. The zero-order chi connectivity index (χ0) is 9.97. The van der Waals surface area contributed by atoms with Crippen molar-refractivity contribution in [2.24, 2.45) is 11.7 Å². The fourth-order valence-corrected chi connectivity index (χ4v) is 2.72. The second-order valence-corrected chi connectivity index (χ2v) is 4.95. The lowest BCUT2D eigenvalue weighted by Crippen LogP contribution is -2.25. The molecule has 1 nitrogen and oxygen atoms in total. The molecule has 0 heterocycles. The van der Waals surface area contributed by atoms with Gasteiger partial charge < -0.3 is 5.73 Å². The third kappa shape index (κ3) is 2.12. The Morgan fingerprint density at radius 2 is 2.14 bits per heavy atom. The highest BCUT2D eigenvalue weighted by Gasteiger charge is 2.41. The lowest BCUT2D eigenvalue weighted by molar-refractivity contribution is 0.640. The van der Waals surface area contributed by atoms with Crippen LogP contribution in [0.1, 0.15) is 17.9 Å². The molecule has 1 fully saturated rings. The molecule has 3 unspecified atom stereocenters. The lowest BCUT2D eigenvalue weighted by Gasteiger charge is -2.08. The van der Waals surface area contributed by atoms with E-state index in [-0.39, 0.29) is 0 Å². The van der Waals surface area contributed by atoms with Crippen molar-refractivity contribution in [1.29, 1.82) is 0 Å². The van der Waals surface area contributed by atoms with Crippen molar-refractivity contribution in [2.75, 3.05) is 12.0 Å². The van der Waals surface area contributed by atoms with E-state index in [1.54, 1.807) is 0 Å². The van der Waals surface area contributed by atoms with Crippen LogP contribution in [0.2, 0.25) is 0 Å². The number of rotatable bonds is 4. The second-order valence-electron chi connectivity index (χ2n) is 4.04. The Balaban J connectivity index is 1.93. The van der Waals surface area contributed by atoms with Crippen molar-refractivity contribution >= 4 is 11.8 Å². The SMILES string of the molecule is CSCC(N)C1CC1c1ccccc1. The van der Waals surface area contributed by atoms with Gasteiger partial charge in [-0.3, -0.25) is 0 Å². The second kappa shape index (κ2) is 4.37. The van der Waals surface area contributed by atoms with Crippen LogP contribution in [0.15, 0.2) is 30.3 Å². The van der Waals surface area contributed by atoms with Crippen LogP contribution < -0.4 is 5.73 Å². The van der Waals surface area contributed by atoms with Crippen LogP contribution in [-0.2, 0) is 0 Å². The van der Waals surface area contributed by atoms with Crippen molar-refractivity contribution in [3.63, 3.8) is 0 Å². The molecule has 0 amide bonds. The quantitative estimate of drug-likeness (QED) is 0.821. The minimum atomic E-state index is 0.384. The molecule has 2 N–H and O–H groups in total. The van der Waals surface area contributed by atoms with Gasteiger partial charge in [-0.15, -0.1) is 0 Å².